The summed E-state index contributed by atoms with van der Waals surface area (Å²) in [4.78, 5) is 101. The lowest BCUT2D eigenvalue weighted by Crippen LogP contribution is -2.43. The fourth-order valence-electron chi connectivity index (χ4n) is 11.9. The smallest absolute Gasteiger partial charge is 0.462 e. The van der Waals surface area contributed by atoms with E-state index in [1.807, 2.05) is 0 Å². The Bertz CT molecular complexity index is 2410. The number of hydrogen-bond acceptors (Lipinski definition) is 18. The average Bonchev–Trinajstić information content (AvgIpc) is 0.896. The van der Waals surface area contributed by atoms with Gasteiger partial charge in [0.25, 0.3) is 11.8 Å². The highest BCUT2D eigenvalue weighted by molar-refractivity contribution is 7.47. The third-order valence-corrected chi connectivity index (χ3v) is 20.3. The summed E-state index contributed by atoms with van der Waals surface area (Å²) >= 11 is 0. The molecule has 0 radical (unpaired) electrons. The van der Waals surface area contributed by atoms with Crippen molar-refractivity contribution in [3.8, 4) is 0 Å². The number of aliphatic hydroxyl groups excluding tert-OH is 2. The molecule has 8 atom stereocenters. The third-order valence-electron chi connectivity index (χ3n) is 18.4. The lowest BCUT2D eigenvalue weighted by molar-refractivity contribution is -0.152. The molecule has 8 N–H and O–H groups in total. The number of carbonyl (C=O) groups excluding carboxylic acids is 6. The van der Waals surface area contributed by atoms with Gasteiger partial charge in [-0.05, 0) is 127 Å². The van der Waals surface area contributed by atoms with Crippen molar-refractivity contribution in [1.29, 1.82) is 0 Å². The summed E-state index contributed by atoms with van der Waals surface area (Å²) < 4.78 is 71.0. The highest BCUT2D eigenvalue weighted by atomic mass is 31.2. The number of rotatable bonds is 76. The van der Waals surface area contributed by atoms with Crippen molar-refractivity contribution in [2.75, 3.05) is 65.9 Å². The van der Waals surface area contributed by atoms with Crippen LogP contribution in [-0.2, 0) is 65.4 Å². The summed E-state index contributed by atoms with van der Waals surface area (Å²) in [6, 6.07) is 3.65. The molecule has 0 heterocycles. The van der Waals surface area contributed by atoms with Crippen LogP contribution in [0.3, 0.4) is 0 Å². The van der Waals surface area contributed by atoms with Crippen molar-refractivity contribution in [2.24, 2.45) is 0 Å². The van der Waals surface area contributed by atoms with E-state index in [2.05, 4.69) is 87.1 Å². The molecule has 108 heavy (non-hydrogen) atoms. The van der Waals surface area contributed by atoms with Crippen LogP contribution in [0.4, 0.5) is 0 Å². The predicted octanol–water partition coefficient (Wildman–Crippen LogP) is 17.4. The van der Waals surface area contributed by atoms with Crippen LogP contribution in [0.15, 0.2) is 48.6 Å². The number of benzene rings is 1. The number of phosphoric acid groups is 2. The molecule has 26 heteroatoms. The molecule has 0 fully saturated rings. The molecule has 1 aromatic rings. The molecule has 0 aliphatic rings. The summed E-state index contributed by atoms with van der Waals surface area (Å²) in [7, 11) is -9.55. The van der Waals surface area contributed by atoms with E-state index in [0.29, 0.717) is 51.4 Å². The number of carbonyl (C=O) groups is 6. The van der Waals surface area contributed by atoms with Gasteiger partial charge < -0.3 is 60.2 Å². The van der Waals surface area contributed by atoms with E-state index in [1.165, 1.54) is 62.8 Å². The minimum atomic E-state index is -4.78. The summed E-state index contributed by atoms with van der Waals surface area (Å²) in [6.07, 6.45) is 43.6. The number of allylic oxidation sites excluding steroid dienone is 4. The second kappa shape index (κ2) is 69.3. The Labute approximate surface area is 650 Å². The van der Waals surface area contributed by atoms with Crippen LogP contribution in [0.1, 0.15) is 345 Å². The standard InChI is InChI=1S/C82H148N4O20P2/c1-7-13-19-25-27-29-31-37-43-49-79(91)105-75(47-41-35-23-17-11-5)63-77(89)85-71(65-99-59-55-73(87)45-39-33-21-15-9-3)67-103-107(95,96)101-61-57-83-81(93)69-51-53-70(54-52-69)82(94)84-58-62-102-108(97,98)104-68-72(66-100-60-56-74(88)46-40-34-22-16-10-4)86-78(90)64-76(48-42-36-24-18-12-6)106-80(92)50-44-38-32-30-28-26-20-14-8-2/h29-32,51-54,71-76,87-88H,7-28,33-50,55-68H2,1-6H3,(H,83,93)(H,84,94)(H,85,89)(H,86,90)(H,95,96)(H,97,98)/t71?,72?,73?,74?,75-,76-/m1/s1. The monoisotopic (exact) mass is 1570 g/mol. The Kier molecular flexibility index (Phi) is 65.2. The molecule has 0 aliphatic carbocycles. The maximum Gasteiger partial charge on any atom is 0.472 e. The van der Waals surface area contributed by atoms with Gasteiger partial charge >= 0.3 is 27.6 Å². The van der Waals surface area contributed by atoms with Crippen LogP contribution >= 0.6 is 15.6 Å². The van der Waals surface area contributed by atoms with Gasteiger partial charge in [0, 0.05) is 50.3 Å². The number of ether oxygens (including phenoxy) is 4. The Morgan fingerprint density at radius 2 is 0.685 bits per heavy atom. The van der Waals surface area contributed by atoms with E-state index in [1.54, 1.807) is 0 Å². The van der Waals surface area contributed by atoms with E-state index in [0.717, 1.165) is 167 Å². The van der Waals surface area contributed by atoms with Gasteiger partial charge in [0.2, 0.25) is 11.8 Å². The lowest BCUT2D eigenvalue weighted by Gasteiger charge is -2.23. The molecule has 4 amide bonds. The second-order valence-electron chi connectivity index (χ2n) is 28.7. The molecule has 0 bridgehead atoms. The molecule has 6 unspecified atom stereocenters. The molecular weight excluding hydrogens is 1420 g/mol. The van der Waals surface area contributed by atoms with Crippen molar-refractivity contribution in [2.45, 2.75) is 361 Å². The summed E-state index contributed by atoms with van der Waals surface area (Å²) in [5, 5.41) is 32.0. The Balaban J connectivity index is 2.94. The van der Waals surface area contributed by atoms with Gasteiger partial charge in [0.15, 0.2) is 0 Å². The minimum absolute atomic E-state index is 0.130. The highest BCUT2D eigenvalue weighted by Gasteiger charge is 2.29. The number of phosphoric ester groups is 2. The van der Waals surface area contributed by atoms with E-state index in [4.69, 9.17) is 37.0 Å². The molecule has 0 saturated heterocycles. The van der Waals surface area contributed by atoms with E-state index in [9.17, 15) is 57.9 Å². The zero-order valence-corrected chi connectivity index (χ0v) is 69.3. The number of amides is 4. The summed E-state index contributed by atoms with van der Waals surface area (Å²) in [5.41, 5.74) is 0.285. The van der Waals surface area contributed by atoms with Gasteiger partial charge in [0.1, 0.15) is 12.2 Å². The van der Waals surface area contributed by atoms with Crippen LogP contribution in [0.2, 0.25) is 0 Å². The normalized spacial score (nSPS) is 14.5. The molecule has 0 aliphatic heterocycles. The van der Waals surface area contributed by atoms with Gasteiger partial charge in [-0.15, -0.1) is 0 Å². The van der Waals surface area contributed by atoms with Crippen LogP contribution in [-0.4, -0.2) is 158 Å². The van der Waals surface area contributed by atoms with Crippen molar-refractivity contribution >= 4 is 51.2 Å². The average molecular weight is 1570 g/mol. The van der Waals surface area contributed by atoms with Crippen molar-refractivity contribution in [3.05, 3.63) is 59.7 Å². The minimum Gasteiger partial charge on any atom is -0.462 e. The van der Waals surface area contributed by atoms with Gasteiger partial charge in [-0.2, -0.15) is 0 Å². The molecule has 0 spiro atoms. The molecule has 1 rings (SSSR count). The first-order valence-corrected chi connectivity index (χ1v) is 44.9. The fraction of sp³-hybridized carbons (Fsp3) is 0.805. The van der Waals surface area contributed by atoms with E-state index < -0.39 is 102 Å². The number of esters is 2. The van der Waals surface area contributed by atoms with Crippen LogP contribution in [0.25, 0.3) is 0 Å². The number of aliphatic hydroxyl groups is 2. The van der Waals surface area contributed by atoms with Crippen LogP contribution in [0.5, 0.6) is 0 Å². The molecule has 0 saturated carbocycles. The van der Waals surface area contributed by atoms with E-state index >= 15 is 0 Å². The first-order valence-electron chi connectivity index (χ1n) is 41.9. The Morgan fingerprint density at radius 3 is 1.02 bits per heavy atom. The molecule has 626 valence electrons. The van der Waals surface area contributed by atoms with Crippen molar-refractivity contribution in [3.63, 3.8) is 0 Å². The highest BCUT2D eigenvalue weighted by Crippen LogP contribution is 2.44. The topological polar surface area (TPSA) is 339 Å². The fourth-order valence-corrected chi connectivity index (χ4v) is 13.4. The second-order valence-corrected chi connectivity index (χ2v) is 31.6. The van der Waals surface area contributed by atoms with Crippen molar-refractivity contribution in [1.82, 2.24) is 21.3 Å². The number of hydrogen-bond donors (Lipinski definition) is 8. The van der Waals surface area contributed by atoms with E-state index in [-0.39, 0.29) is 88.3 Å². The lowest BCUT2D eigenvalue weighted by atomic mass is 10.1. The molecule has 1 aromatic carbocycles. The first-order chi connectivity index (χ1) is 52.2. The number of unbranched alkanes of at least 4 members (excludes halogenated alkanes) is 26. The van der Waals surface area contributed by atoms with Gasteiger partial charge in [-0.1, -0.05) is 220 Å². The molecule has 24 nitrogen and oxygen atoms in total. The third kappa shape index (κ3) is 61.2. The number of nitrogens with one attached hydrogen (secondary N) is 4. The summed E-state index contributed by atoms with van der Waals surface area (Å²) in [6.45, 7) is 10.6. The van der Waals surface area contributed by atoms with Gasteiger partial charge in [-0.3, -0.25) is 46.9 Å². The van der Waals surface area contributed by atoms with Crippen LogP contribution < -0.4 is 21.3 Å². The molecule has 0 aromatic heterocycles. The largest absolute Gasteiger partial charge is 0.472 e. The Hall–Kier alpha value is -4.42. The maximum absolute atomic E-state index is 13.7. The zero-order chi connectivity index (χ0) is 79.4. The van der Waals surface area contributed by atoms with Gasteiger partial charge in [-0.25, -0.2) is 9.13 Å². The van der Waals surface area contributed by atoms with Gasteiger partial charge in [0.05, 0.1) is 76.8 Å². The molecular formula is C82H148N4O20P2. The maximum atomic E-state index is 13.7. The quantitative estimate of drug-likeness (QED) is 0.0130. The van der Waals surface area contributed by atoms with Crippen molar-refractivity contribution < 1.29 is 94.9 Å². The summed E-state index contributed by atoms with van der Waals surface area (Å²) in [5.74, 6) is -2.88. The first kappa shape index (κ1) is 102. The van der Waals surface area contributed by atoms with Crippen LogP contribution in [0, 0.1) is 0 Å². The zero-order valence-electron chi connectivity index (χ0n) is 67.5. The predicted molar refractivity (Wildman–Crippen MR) is 427 cm³/mol. The SMILES string of the molecule is CCCCCCC=CCCCC(=O)O[C@H](CCCCCCC)CC(=O)NC(COCCC(O)CCCCCCC)COP(=O)(O)OCCNC(=O)c1ccc(C(=O)NCCOP(=O)(O)OCC(COCCC(O)CCCCCCC)NC(=O)C[C@@H](CCCCCCC)OC(=O)CCCC=CCCCCCC)cc1. The Morgan fingerprint density at radius 1 is 0.380 bits per heavy atom.